The van der Waals surface area contributed by atoms with Gasteiger partial charge in [-0.2, -0.15) is 0 Å². The second kappa shape index (κ2) is 5.77. The van der Waals surface area contributed by atoms with Gasteiger partial charge in [-0.05, 0) is 32.7 Å². The molecule has 2 rings (SSSR count). The summed E-state index contributed by atoms with van der Waals surface area (Å²) < 4.78 is 10.9. The summed E-state index contributed by atoms with van der Waals surface area (Å²) in [5.41, 5.74) is -0.535. The molecule has 0 aromatic heterocycles. The molecule has 1 saturated carbocycles. The molecular formula is C14H26N2O3. The standard InChI is InChI=1S/C14H26N2O3/c1-15-10-12(18-3)8-11(15)9-16(2)13(17)14(19-4)6-5-7-14/h11-12H,5-10H2,1-4H3/t11-,12-/m0/s1. The van der Waals surface area contributed by atoms with Crippen LogP contribution in [0.1, 0.15) is 25.7 Å². The van der Waals surface area contributed by atoms with E-state index in [0.717, 1.165) is 38.8 Å². The van der Waals surface area contributed by atoms with E-state index in [0.29, 0.717) is 12.1 Å². The molecule has 1 aliphatic heterocycles. The van der Waals surface area contributed by atoms with Gasteiger partial charge in [0, 0.05) is 40.4 Å². The van der Waals surface area contributed by atoms with E-state index in [-0.39, 0.29) is 5.91 Å². The molecule has 0 spiro atoms. The number of methoxy groups -OCH3 is 2. The van der Waals surface area contributed by atoms with E-state index in [4.69, 9.17) is 9.47 Å². The number of hydrogen-bond donors (Lipinski definition) is 0. The van der Waals surface area contributed by atoms with E-state index in [1.807, 2.05) is 11.9 Å². The predicted molar refractivity (Wildman–Crippen MR) is 73.1 cm³/mol. The molecule has 1 saturated heterocycles. The molecule has 2 fully saturated rings. The maximum atomic E-state index is 12.5. The molecule has 1 aliphatic carbocycles. The van der Waals surface area contributed by atoms with Crippen LogP contribution in [0, 0.1) is 0 Å². The summed E-state index contributed by atoms with van der Waals surface area (Å²) in [7, 11) is 7.38. The molecule has 110 valence electrons. The third-order valence-corrected chi connectivity index (χ3v) is 4.76. The molecule has 0 bridgehead atoms. The van der Waals surface area contributed by atoms with Crippen molar-refractivity contribution in [3.05, 3.63) is 0 Å². The van der Waals surface area contributed by atoms with Crippen LogP contribution < -0.4 is 0 Å². The van der Waals surface area contributed by atoms with Crippen LogP contribution in [0.15, 0.2) is 0 Å². The lowest BCUT2D eigenvalue weighted by Gasteiger charge is -2.42. The minimum atomic E-state index is -0.535. The highest BCUT2D eigenvalue weighted by molar-refractivity contribution is 5.86. The normalized spacial score (nSPS) is 30.1. The smallest absolute Gasteiger partial charge is 0.254 e. The van der Waals surface area contributed by atoms with Gasteiger partial charge in [-0.3, -0.25) is 9.69 Å². The predicted octanol–water partition coefficient (Wildman–Crippen LogP) is 0.733. The molecule has 19 heavy (non-hydrogen) atoms. The summed E-state index contributed by atoms with van der Waals surface area (Å²) >= 11 is 0. The Morgan fingerprint density at radius 3 is 2.53 bits per heavy atom. The van der Waals surface area contributed by atoms with Gasteiger partial charge in [0.2, 0.25) is 0 Å². The van der Waals surface area contributed by atoms with Crippen molar-refractivity contribution < 1.29 is 14.3 Å². The van der Waals surface area contributed by atoms with Crippen LogP contribution in [0.5, 0.6) is 0 Å². The van der Waals surface area contributed by atoms with E-state index < -0.39 is 5.60 Å². The van der Waals surface area contributed by atoms with Crippen molar-refractivity contribution in [3.8, 4) is 0 Å². The van der Waals surface area contributed by atoms with Crippen molar-refractivity contribution in [1.82, 2.24) is 9.80 Å². The molecule has 1 heterocycles. The Labute approximate surface area is 115 Å². The van der Waals surface area contributed by atoms with Gasteiger partial charge in [0.1, 0.15) is 5.60 Å². The Kier molecular flexibility index (Phi) is 4.48. The molecule has 0 unspecified atom stereocenters. The summed E-state index contributed by atoms with van der Waals surface area (Å²) in [6.07, 6.45) is 4.08. The number of carbonyl (C=O) groups is 1. The largest absolute Gasteiger partial charge is 0.380 e. The van der Waals surface area contributed by atoms with Crippen molar-refractivity contribution in [2.75, 3.05) is 41.4 Å². The van der Waals surface area contributed by atoms with E-state index in [1.165, 1.54) is 0 Å². The van der Waals surface area contributed by atoms with Gasteiger partial charge in [-0.1, -0.05) is 0 Å². The van der Waals surface area contributed by atoms with E-state index in [9.17, 15) is 4.79 Å². The Bertz CT molecular complexity index is 325. The molecular weight excluding hydrogens is 244 g/mol. The van der Waals surface area contributed by atoms with Gasteiger partial charge in [0.05, 0.1) is 6.10 Å². The van der Waals surface area contributed by atoms with Crippen LogP contribution in [0.3, 0.4) is 0 Å². The summed E-state index contributed by atoms with van der Waals surface area (Å²) in [6.45, 7) is 1.69. The highest BCUT2D eigenvalue weighted by atomic mass is 16.5. The number of carbonyl (C=O) groups excluding carboxylic acids is 1. The molecule has 0 N–H and O–H groups in total. The Balaban J connectivity index is 1.90. The maximum Gasteiger partial charge on any atom is 0.254 e. The summed E-state index contributed by atoms with van der Waals surface area (Å²) in [5, 5.41) is 0. The van der Waals surface area contributed by atoms with Crippen molar-refractivity contribution in [1.29, 1.82) is 0 Å². The van der Waals surface area contributed by atoms with Gasteiger partial charge < -0.3 is 14.4 Å². The Morgan fingerprint density at radius 2 is 2.11 bits per heavy atom. The fourth-order valence-corrected chi connectivity index (χ4v) is 3.16. The van der Waals surface area contributed by atoms with Crippen LogP contribution in [0.4, 0.5) is 0 Å². The zero-order valence-electron chi connectivity index (χ0n) is 12.5. The first-order chi connectivity index (χ1) is 9.02. The third kappa shape index (κ3) is 2.78. The Hall–Kier alpha value is -0.650. The van der Waals surface area contributed by atoms with Crippen molar-refractivity contribution in [2.24, 2.45) is 0 Å². The highest BCUT2D eigenvalue weighted by Gasteiger charge is 2.46. The molecule has 5 nitrogen and oxygen atoms in total. The number of likely N-dealkylation sites (tertiary alicyclic amines) is 1. The number of amides is 1. The lowest BCUT2D eigenvalue weighted by Crippen LogP contribution is -2.55. The minimum absolute atomic E-state index is 0.135. The average Bonchev–Trinajstić information content (AvgIpc) is 2.69. The Morgan fingerprint density at radius 1 is 1.42 bits per heavy atom. The van der Waals surface area contributed by atoms with Gasteiger partial charge in [-0.15, -0.1) is 0 Å². The first kappa shape index (κ1) is 14.8. The van der Waals surface area contributed by atoms with E-state index >= 15 is 0 Å². The second-order valence-corrected chi connectivity index (χ2v) is 5.92. The molecule has 0 aromatic carbocycles. The van der Waals surface area contributed by atoms with Crippen LogP contribution in [-0.2, 0) is 14.3 Å². The van der Waals surface area contributed by atoms with E-state index in [2.05, 4.69) is 11.9 Å². The fourth-order valence-electron chi connectivity index (χ4n) is 3.16. The quantitative estimate of drug-likeness (QED) is 0.739. The maximum absolute atomic E-state index is 12.5. The summed E-state index contributed by atoms with van der Waals surface area (Å²) in [4.78, 5) is 16.6. The molecule has 0 aromatic rings. The lowest BCUT2D eigenvalue weighted by atomic mass is 9.79. The number of hydrogen-bond acceptors (Lipinski definition) is 4. The zero-order valence-corrected chi connectivity index (χ0v) is 12.5. The first-order valence-electron chi connectivity index (χ1n) is 7.06. The molecule has 5 heteroatoms. The van der Waals surface area contributed by atoms with Gasteiger partial charge in [0.15, 0.2) is 0 Å². The second-order valence-electron chi connectivity index (χ2n) is 5.92. The topological polar surface area (TPSA) is 42.0 Å². The van der Waals surface area contributed by atoms with Gasteiger partial charge >= 0.3 is 0 Å². The fraction of sp³-hybridized carbons (Fsp3) is 0.929. The van der Waals surface area contributed by atoms with Crippen LogP contribution >= 0.6 is 0 Å². The van der Waals surface area contributed by atoms with Crippen LogP contribution in [0.2, 0.25) is 0 Å². The minimum Gasteiger partial charge on any atom is -0.380 e. The third-order valence-electron chi connectivity index (χ3n) is 4.76. The van der Waals surface area contributed by atoms with Crippen molar-refractivity contribution in [2.45, 2.75) is 43.4 Å². The summed E-state index contributed by atoms with van der Waals surface area (Å²) in [6, 6.07) is 0.382. The molecule has 0 radical (unpaired) electrons. The molecule has 1 amide bonds. The number of likely N-dealkylation sites (N-methyl/N-ethyl adjacent to an activating group) is 2. The van der Waals surface area contributed by atoms with Crippen molar-refractivity contribution in [3.63, 3.8) is 0 Å². The summed E-state index contributed by atoms with van der Waals surface area (Å²) in [5.74, 6) is 0.135. The van der Waals surface area contributed by atoms with Crippen LogP contribution in [-0.4, -0.2) is 74.9 Å². The zero-order chi connectivity index (χ0) is 14.0. The molecule has 2 atom stereocenters. The average molecular weight is 270 g/mol. The molecule has 2 aliphatic rings. The number of rotatable bonds is 5. The highest BCUT2D eigenvalue weighted by Crippen LogP contribution is 2.36. The SMILES string of the molecule is CO[C@H]1C[C@@H](CN(C)C(=O)C2(OC)CCC2)N(C)C1. The van der Waals surface area contributed by atoms with Gasteiger partial charge in [-0.25, -0.2) is 0 Å². The number of ether oxygens (including phenoxy) is 2. The first-order valence-corrected chi connectivity index (χ1v) is 7.06. The van der Waals surface area contributed by atoms with E-state index in [1.54, 1.807) is 14.2 Å². The van der Waals surface area contributed by atoms with Gasteiger partial charge in [0.25, 0.3) is 5.91 Å². The lowest BCUT2D eigenvalue weighted by molar-refractivity contribution is -0.165. The number of nitrogens with zero attached hydrogens (tertiary/aromatic N) is 2. The van der Waals surface area contributed by atoms with Crippen LogP contribution in [0.25, 0.3) is 0 Å². The monoisotopic (exact) mass is 270 g/mol. The van der Waals surface area contributed by atoms with Crippen molar-refractivity contribution >= 4 is 5.91 Å².